The van der Waals surface area contributed by atoms with Crippen molar-refractivity contribution < 1.29 is 0 Å². The van der Waals surface area contributed by atoms with Gasteiger partial charge in [-0.1, -0.05) is 24.3 Å². The van der Waals surface area contributed by atoms with Gasteiger partial charge in [0.25, 0.3) is 0 Å². The molecule has 1 aliphatic carbocycles. The van der Waals surface area contributed by atoms with Gasteiger partial charge in [-0.05, 0) is 32.3 Å². The van der Waals surface area contributed by atoms with Crippen LogP contribution in [0.15, 0.2) is 30.3 Å². The molecule has 98 valence electrons. The Bertz CT molecular complexity index is 588. The Labute approximate surface area is 114 Å². The lowest BCUT2D eigenvalue weighted by Crippen LogP contribution is -2.04. The molecule has 1 saturated carbocycles. The summed E-state index contributed by atoms with van der Waals surface area (Å²) >= 11 is 0. The summed E-state index contributed by atoms with van der Waals surface area (Å²) in [7, 11) is 0. The van der Waals surface area contributed by atoms with Gasteiger partial charge in [-0.3, -0.25) is 0 Å². The molecule has 1 fully saturated rings. The number of anilines is 1. The maximum atomic E-state index is 4.76. The van der Waals surface area contributed by atoms with Gasteiger partial charge in [0.15, 0.2) is 0 Å². The molecular formula is C16H19N3. The van der Waals surface area contributed by atoms with Crippen LogP contribution in [0, 0.1) is 6.92 Å². The van der Waals surface area contributed by atoms with Gasteiger partial charge >= 0.3 is 0 Å². The van der Waals surface area contributed by atoms with Gasteiger partial charge in [0.1, 0.15) is 11.6 Å². The van der Waals surface area contributed by atoms with Crippen molar-refractivity contribution >= 4 is 5.82 Å². The molecule has 3 nitrogen and oxygen atoms in total. The molecule has 0 unspecified atom stereocenters. The predicted molar refractivity (Wildman–Crippen MR) is 78.3 cm³/mol. The molecule has 1 aromatic heterocycles. The van der Waals surface area contributed by atoms with Crippen LogP contribution in [0.2, 0.25) is 0 Å². The summed E-state index contributed by atoms with van der Waals surface area (Å²) in [6, 6.07) is 10.4. The van der Waals surface area contributed by atoms with Crippen LogP contribution in [0.1, 0.15) is 37.1 Å². The van der Waals surface area contributed by atoms with Gasteiger partial charge in [-0.25, -0.2) is 9.97 Å². The molecule has 0 bridgehead atoms. The lowest BCUT2D eigenvalue weighted by Gasteiger charge is -2.10. The molecule has 1 heterocycles. The SMILES string of the molecule is CCNc1cc(-c2ccccc2C)nc(C2CC2)n1. The Morgan fingerprint density at radius 1 is 1.21 bits per heavy atom. The highest BCUT2D eigenvalue weighted by Crippen LogP contribution is 2.39. The van der Waals surface area contributed by atoms with E-state index in [1.165, 1.54) is 24.0 Å². The Kier molecular flexibility index (Phi) is 3.20. The van der Waals surface area contributed by atoms with Crippen LogP contribution in [-0.2, 0) is 0 Å². The number of hydrogen-bond donors (Lipinski definition) is 1. The third kappa shape index (κ3) is 2.60. The quantitative estimate of drug-likeness (QED) is 0.901. The third-order valence-corrected chi connectivity index (χ3v) is 3.46. The van der Waals surface area contributed by atoms with E-state index < -0.39 is 0 Å². The zero-order valence-corrected chi connectivity index (χ0v) is 11.5. The molecule has 0 radical (unpaired) electrons. The van der Waals surface area contributed by atoms with Crippen LogP contribution in [-0.4, -0.2) is 16.5 Å². The molecule has 2 aromatic rings. The average molecular weight is 253 g/mol. The van der Waals surface area contributed by atoms with Crippen LogP contribution in [0.3, 0.4) is 0 Å². The molecule has 0 atom stereocenters. The van der Waals surface area contributed by atoms with Gasteiger partial charge in [-0.2, -0.15) is 0 Å². The van der Waals surface area contributed by atoms with Gasteiger partial charge in [-0.15, -0.1) is 0 Å². The Balaban J connectivity index is 2.06. The van der Waals surface area contributed by atoms with Gasteiger partial charge in [0, 0.05) is 24.1 Å². The Morgan fingerprint density at radius 2 is 2.00 bits per heavy atom. The van der Waals surface area contributed by atoms with Crippen molar-refractivity contribution in [1.82, 2.24) is 9.97 Å². The number of nitrogens with one attached hydrogen (secondary N) is 1. The summed E-state index contributed by atoms with van der Waals surface area (Å²) in [5.41, 5.74) is 3.49. The first-order chi connectivity index (χ1) is 9.28. The first kappa shape index (κ1) is 12.2. The van der Waals surface area contributed by atoms with Gasteiger partial charge < -0.3 is 5.32 Å². The Morgan fingerprint density at radius 3 is 2.68 bits per heavy atom. The normalized spacial score (nSPS) is 14.4. The highest BCUT2D eigenvalue weighted by molar-refractivity contribution is 5.66. The summed E-state index contributed by atoms with van der Waals surface area (Å²) in [5, 5.41) is 3.31. The van der Waals surface area contributed by atoms with Crippen molar-refractivity contribution in [3.63, 3.8) is 0 Å². The van der Waals surface area contributed by atoms with Crippen LogP contribution in [0.4, 0.5) is 5.82 Å². The van der Waals surface area contributed by atoms with Gasteiger partial charge in [0.2, 0.25) is 0 Å². The summed E-state index contributed by atoms with van der Waals surface area (Å²) in [5.74, 6) is 2.51. The number of nitrogens with zero attached hydrogens (tertiary/aromatic N) is 2. The molecule has 0 saturated heterocycles. The molecule has 0 spiro atoms. The molecule has 0 aliphatic heterocycles. The standard InChI is InChI=1S/C16H19N3/c1-3-17-15-10-14(13-7-5-4-6-11(13)2)18-16(19-15)12-8-9-12/h4-7,10,12H,3,8-9H2,1-2H3,(H,17,18,19). The minimum Gasteiger partial charge on any atom is -0.370 e. The zero-order valence-electron chi connectivity index (χ0n) is 11.5. The summed E-state index contributed by atoms with van der Waals surface area (Å²) in [6.45, 7) is 5.10. The second-order valence-electron chi connectivity index (χ2n) is 5.12. The summed E-state index contributed by atoms with van der Waals surface area (Å²) in [6.07, 6.45) is 2.45. The molecule has 3 rings (SSSR count). The van der Waals surface area contributed by atoms with E-state index in [0.29, 0.717) is 5.92 Å². The van der Waals surface area contributed by atoms with E-state index >= 15 is 0 Å². The van der Waals surface area contributed by atoms with E-state index in [1.807, 2.05) is 0 Å². The van der Waals surface area contributed by atoms with E-state index in [-0.39, 0.29) is 0 Å². The van der Waals surface area contributed by atoms with Crippen LogP contribution in [0.25, 0.3) is 11.3 Å². The number of hydrogen-bond acceptors (Lipinski definition) is 3. The van der Waals surface area contributed by atoms with Crippen LogP contribution < -0.4 is 5.32 Å². The second kappa shape index (κ2) is 5.00. The average Bonchev–Trinajstić information content (AvgIpc) is 3.23. The fraction of sp³-hybridized carbons (Fsp3) is 0.375. The molecule has 1 N–H and O–H groups in total. The minimum atomic E-state index is 0.571. The molecule has 19 heavy (non-hydrogen) atoms. The molecule has 3 heteroatoms. The lowest BCUT2D eigenvalue weighted by molar-refractivity contribution is 0.927. The van der Waals surface area contributed by atoms with Crippen molar-refractivity contribution in [2.45, 2.75) is 32.6 Å². The van der Waals surface area contributed by atoms with Crippen molar-refractivity contribution in [3.8, 4) is 11.3 Å². The topological polar surface area (TPSA) is 37.8 Å². The zero-order chi connectivity index (χ0) is 13.2. The molecule has 1 aromatic carbocycles. The van der Waals surface area contributed by atoms with Crippen molar-refractivity contribution in [2.24, 2.45) is 0 Å². The van der Waals surface area contributed by atoms with E-state index in [4.69, 9.17) is 4.98 Å². The van der Waals surface area contributed by atoms with E-state index in [2.05, 4.69) is 54.5 Å². The van der Waals surface area contributed by atoms with Crippen molar-refractivity contribution in [1.29, 1.82) is 0 Å². The number of aromatic nitrogens is 2. The highest BCUT2D eigenvalue weighted by atomic mass is 15.0. The maximum Gasteiger partial charge on any atom is 0.134 e. The first-order valence-corrected chi connectivity index (χ1v) is 6.96. The summed E-state index contributed by atoms with van der Waals surface area (Å²) < 4.78 is 0. The largest absolute Gasteiger partial charge is 0.370 e. The fourth-order valence-electron chi connectivity index (χ4n) is 2.26. The van der Waals surface area contributed by atoms with E-state index in [0.717, 1.165) is 23.9 Å². The highest BCUT2D eigenvalue weighted by Gasteiger charge is 2.27. The fourth-order valence-corrected chi connectivity index (χ4v) is 2.26. The van der Waals surface area contributed by atoms with Gasteiger partial charge in [0.05, 0.1) is 5.69 Å². The van der Waals surface area contributed by atoms with Crippen LogP contribution in [0.5, 0.6) is 0 Å². The smallest absolute Gasteiger partial charge is 0.134 e. The van der Waals surface area contributed by atoms with Crippen molar-refractivity contribution in [2.75, 3.05) is 11.9 Å². The lowest BCUT2D eigenvalue weighted by atomic mass is 10.1. The third-order valence-electron chi connectivity index (χ3n) is 3.46. The Hall–Kier alpha value is -1.90. The van der Waals surface area contributed by atoms with Crippen molar-refractivity contribution in [3.05, 3.63) is 41.7 Å². The number of benzene rings is 1. The monoisotopic (exact) mass is 253 g/mol. The van der Waals surface area contributed by atoms with E-state index in [1.54, 1.807) is 0 Å². The summed E-state index contributed by atoms with van der Waals surface area (Å²) in [4.78, 5) is 9.38. The molecule has 1 aliphatic rings. The minimum absolute atomic E-state index is 0.571. The van der Waals surface area contributed by atoms with Crippen LogP contribution >= 0.6 is 0 Å². The predicted octanol–water partition coefficient (Wildman–Crippen LogP) is 3.76. The van der Waals surface area contributed by atoms with E-state index in [9.17, 15) is 0 Å². The molecular weight excluding hydrogens is 234 g/mol. The first-order valence-electron chi connectivity index (χ1n) is 6.96. The maximum absolute atomic E-state index is 4.76. The molecule has 0 amide bonds. The number of aryl methyl sites for hydroxylation is 1. The number of rotatable bonds is 4. The second-order valence-corrected chi connectivity index (χ2v) is 5.12.